The second-order valence-electron chi connectivity index (χ2n) is 3.66. The van der Waals surface area contributed by atoms with Crippen LogP contribution in [0.5, 0.6) is 0 Å². The van der Waals surface area contributed by atoms with Gasteiger partial charge in [0.2, 0.25) is 0 Å². The third kappa shape index (κ3) is 2.57. The first kappa shape index (κ1) is 12.3. The van der Waals surface area contributed by atoms with E-state index < -0.39 is 10.0 Å². The van der Waals surface area contributed by atoms with Crippen molar-refractivity contribution in [3.63, 3.8) is 0 Å². The fourth-order valence-corrected chi connectivity index (χ4v) is 2.36. The first-order chi connectivity index (χ1) is 8.49. The maximum atomic E-state index is 11.9. The molecule has 94 valence electrons. The number of ketones is 1. The van der Waals surface area contributed by atoms with E-state index in [9.17, 15) is 13.2 Å². The molecule has 0 fully saturated rings. The Morgan fingerprint density at radius 2 is 2.17 bits per heavy atom. The van der Waals surface area contributed by atoms with Crippen LogP contribution in [-0.4, -0.2) is 24.2 Å². The summed E-state index contributed by atoms with van der Waals surface area (Å²) in [5.74, 6) is -0.127. The van der Waals surface area contributed by atoms with Gasteiger partial charge in [-0.15, -0.1) is 0 Å². The van der Waals surface area contributed by atoms with Crippen LogP contribution >= 0.6 is 0 Å². The molecule has 18 heavy (non-hydrogen) atoms. The molecule has 2 rings (SSSR count). The Hall–Kier alpha value is -2.15. The molecule has 0 bridgehead atoms. The monoisotopic (exact) mass is 265 g/mol. The van der Waals surface area contributed by atoms with Crippen molar-refractivity contribution in [2.45, 2.75) is 11.9 Å². The SMILES string of the molecule is CC(=O)c1cccc(NS(=O)(=O)c2cnc[nH]2)c1. The molecule has 0 atom stereocenters. The minimum absolute atomic E-state index is 0.0317. The lowest BCUT2D eigenvalue weighted by Crippen LogP contribution is -2.13. The maximum Gasteiger partial charge on any atom is 0.278 e. The zero-order valence-corrected chi connectivity index (χ0v) is 10.4. The second kappa shape index (κ2) is 4.61. The number of hydrogen-bond acceptors (Lipinski definition) is 4. The summed E-state index contributed by atoms with van der Waals surface area (Å²) < 4.78 is 26.1. The van der Waals surface area contributed by atoms with E-state index in [0.29, 0.717) is 11.3 Å². The van der Waals surface area contributed by atoms with Crippen LogP contribution in [0.15, 0.2) is 41.8 Å². The zero-order valence-electron chi connectivity index (χ0n) is 9.54. The van der Waals surface area contributed by atoms with E-state index in [1.807, 2.05) is 0 Å². The van der Waals surface area contributed by atoms with E-state index in [-0.39, 0.29) is 10.8 Å². The summed E-state index contributed by atoms with van der Waals surface area (Å²) in [5, 5.41) is -0.0317. The number of carbonyl (C=O) groups excluding carboxylic acids is 1. The van der Waals surface area contributed by atoms with Gasteiger partial charge in [0, 0.05) is 11.3 Å². The highest BCUT2D eigenvalue weighted by atomic mass is 32.2. The molecule has 0 spiro atoms. The second-order valence-corrected chi connectivity index (χ2v) is 5.31. The minimum Gasteiger partial charge on any atom is -0.334 e. The Labute approximate surface area is 104 Å². The molecule has 2 aromatic rings. The van der Waals surface area contributed by atoms with Crippen LogP contribution in [0.1, 0.15) is 17.3 Å². The van der Waals surface area contributed by atoms with Crippen LogP contribution in [0.4, 0.5) is 5.69 Å². The Balaban J connectivity index is 2.30. The highest BCUT2D eigenvalue weighted by Gasteiger charge is 2.15. The molecule has 0 aliphatic rings. The van der Waals surface area contributed by atoms with Gasteiger partial charge in [-0.25, -0.2) is 4.98 Å². The Bertz CT molecular complexity index is 663. The van der Waals surface area contributed by atoms with E-state index >= 15 is 0 Å². The molecule has 1 heterocycles. The first-order valence-electron chi connectivity index (χ1n) is 5.11. The van der Waals surface area contributed by atoms with Crippen LogP contribution in [-0.2, 0) is 10.0 Å². The van der Waals surface area contributed by atoms with Crippen molar-refractivity contribution in [3.05, 3.63) is 42.4 Å². The Kier molecular flexibility index (Phi) is 3.15. The Morgan fingerprint density at radius 1 is 1.39 bits per heavy atom. The first-order valence-corrected chi connectivity index (χ1v) is 6.59. The smallest absolute Gasteiger partial charge is 0.278 e. The van der Waals surface area contributed by atoms with Crippen molar-refractivity contribution in [1.29, 1.82) is 0 Å². The average molecular weight is 265 g/mol. The third-order valence-electron chi connectivity index (χ3n) is 2.28. The number of imidazole rings is 1. The van der Waals surface area contributed by atoms with Crippen LogP contribution in [0.3, 0.4) is 0 Å². The lowest BCUT2D eigenvalue weighted by atomic mass is 10.1. The summed E-state index contributed by atoms with van der Waals surface area (Å²) in [6.07, 6.45) is 2.48. The van der Waals surface area contributed by atoms with E-state index in [4.69, 9.17) is 0 Å². The number of aromatic amines is 1. The molecule has 7 heteroatoms. The van der Waals surface area contributed by atoms with Gasteiger partial charge in [-0.2, -0.15) is 8.42 Å². The topological polar surface area (TPSA) is 91.9 Å². The summed E-state index contributed by atoms with van der Waals surface area (Å²) in [7, 11) is -3.69. The van der Waals surface area contributed by atoms with Gasteiger partial charge < -0.3 is 4.98 Å². The number of anilines is 1. The average Bonchev–Trinajstić information content (AvgIpc) is 2.82. The Morgan fingerprint density at radius 3 is 2.78 bits per heavy atom. The van der Waals surface area contributed by atoms with E-state index in [2.05, 4.69) is 14.7 Å². The summed E-state index contributed by atoms with van der Waals surface area (Å²) in [6.45, 7) is 1.42. The molecule has 1 aromatic heterocycles. The number of aromatic nitrogens is 2. The van der Waals surface area contributed by atoms with Gasteiger partial charge in [-0.05, 0) is 19.1 Å². The van der Waals surface area contributed by atoms with Crippen LogP contribution in [0, 0.1) is 0 Å². The van der Waals surface area contributed by atoms with Gasteiger partial charge in [0.15, 0.2) is 10.8 Å². The van der Waals surface area contributed by atoms with Crippen molar-refractivity contribution in [2.75, 3.05) is 4.72 Å². The van der Waals surface area contributed by atoms with Gasteiger partial charge in [0.1, 0.15) is 0 Å². The van der Waals surface area contributed by atoms with Crippen LogP contribution in [0.2, 0.25) is 0 Å². The molecule has 0 amide bonds. The molecule has 0 aliphatic heterocycles. The largest absolute Gasteiger partial charge is 0.334 e. The minimum atomic E-state index is -3.69. The predicted molar refractivity (Wildman–Crippen MR) is 65.8 cm³/mol. The molecular formula is C11H11N3O3S. The summed E-state index contributed by atoms with van der Waals surface area (Å²) in [4.78, 5) is 17.4. The number of Topliss-reactive ketones (excluding diaryl/α,β-unsaturated/α-hetero) is 1. The molecule has 6 nitrogen and oxygen atoms in total. The van der Waals surface area contributed by atoms with Crippen LogP contribution < -0.4 is 4.72 Å². The van der Waals surface area contributed by atoms with Crippen LogP contribution in [0.25, 0.3) is 0 Å². The lowest BCUT2D eigenvalue weighted by Gasteiger charge is -2.06. The molecular weight excluding hydrogens is 254 g/mol. The molecule has 0 radical (unpaired) electrons. The highest BCUT2D eigenvalue weighted by molar-refractivity contribution is 7.92. The van der Waals surface area contributed by atoms with E-state index in [1.54, 1.807) is 18.2 Å². The number of hydrogen-bond donors (Lipinski definition) is 2. The predicted octanol–water partition coefficient (Wildman–Crippen LogP) is 1.41. The summed E-state index contributed by atoms with van der Waals surface area (Å²) in [6, 6.07) is 6.29. The van der Waals surface area contributed by atoms with Crippen molar-refractivity contribution in [1.82, 2.24) is 9.97 Å². The van der Waals surface area contributed by atoms with Gasteiger partial charge in [0.25, 0.3) is 10.0 Å². The third-order valence-corrected chi connectivity index (χ3v) is 3.59. The number of benzene rings is 1. The zero-order chi connectivity index (χ0) is 13.2. The molecule has 0 saturated carbocycles. The van der Waals surface area contributed by atoms with Crippen molar-refractivity contribution < 1.29 is 13.2 Å². The van der Waals surface area contributed by atoms with Gasteiger partial charge >= 0.3 is 0 Å². The molecule has 0 unspecified atom stereocenters. The number of rotatable bonds is 4. The molecule has 2 N–H and O–H groups in total. The summed E-state index contributed by atoms with van der Waals surface area (Å²) >= 11 is 0. The highest BCUT2D eigenvalue weighted by Crippen LogP contribution is 2.15. The summed E-state index contributed by atoms with van der Waals surface area (Å²) in [5.41, 5.74) is 0.775. The fourth-order valence-electron chi connectivity index (χ4n) is 1.40. The van der Waals surface area contributed by atoms with Crippen molar-refractivity contribution in [3.8, 4) is 0 Å². The fraction of sp³-hybridized carbons (Fsp3) is 0.0909. The number of H-pyrrole nitrogens is 1. The van der Waals surface area contributed by atoms with Gasteiger partial charge in [-0.3, -0.25) is 9.52 Å². The molecule has 0 saturated heterocycles. The molecule has 0 aliphatic carbocycles. The quantitative estimate of drug-likeness (QED) is 0.817. The van der Waals surface area contributed by atoms with E-state index in [1.165, 1.54) is 25.5 Å². The number of nitrogens with one attached hydrogen (secondary N) is 2. The lowest BCUT2D eigenvalue weighted by molar-refractivity contribution is 0.101. The number of nitrogens with zero attached hydrogens (tertiary/aromatic N) is 1. The number of sulfonamides is 1. The maximum absolute atomic E-state index is 11.9. The van der Waals surface area contributed by atoms with E-state index in [0.717, 1.165) is 0 Å². The molecule has 1 aromatic carbocycles. The van der Waals surface area contributed by atoms with Crippen molar-refractivity contribution in [2.24, 2.45) is 0 Å². The van der Waals surface area contributed by atoms with Gasteiger partial charge in [0.05, 0.1) is 12.5 Å². The van der Waals surface area contributed by atoms with Crippen molar-refractivity contribution >= 4 is 21.5 Å². The normalized spacial score (nSPS) is 11.2. The number of carbonyl (C=O) groups is 1. The standard InChI is InChI=1S/C11H11N3O3S/c1-8(15)9-3-2-4-10(5-9)14-18(16,17)11-6-12-7-13-11/h2-7,14H,1H3,(H,12,13). The van der Waals surface area contributed by atoms with Gasteiger partial charge in [-0.1, -0.05) is 12.1 Å².